The van der Waals surface area contributed by atoms with E-state index in [4.69, 9.17) is 5.73 Å². The molecule has 3 rings (SSSR count). The Hall–Kier alpha value is -1.83. The molecule has 2 aliphatic heterocycles. The first-order chi connectivity index (χ1) is 11.5. The molecule has 1 amide bonds. The lowest BCUT2D eigenvalue weighted by Crippen LogP contribution is -2.51. The van der Waals surface area contributed by atoms with Gasteiger partial charge >= 0.3 is 0 Å². The Bertz CT molecular complexity index is 542. The molecule has 0 aromatic carbocycles. The number of piperidine rings is 1. The highest BCUT2D eigenvalue weighted by molar-refractivity contribution is 5.76. The van der Waals surface area contributed by atoms with Gasteiger partial charge in [-0.15, -0.1) is 5.10 Å². The van der Waals surface area contributed by atoms with Crippen molar-refractivity contribution in [3.63, 3.8) is 0 Å². The van der Waals surface area contributed by atoms with Crippen molar-refractivity contribution in [1.82, 2.24) is 25.0 Å². The molecule has 2 aliphatic rings. The zero-order chi connectivity index (χ0) is 17.1. The number of nitrogens with zero attached hydrogens (tertiary/aromatic N) is 5. The number of nitrogens with two attached hydrogens (primary N) is 1. The summed E-state index contributed by atoms with van der Waals surface area (Å²) in [6.45, 7) is 9.92. The van der Waals surface area contributed by atoms with Gasteiger partial charge in [-0.3, -0.25) is 9.69 Å². The highest BCUT2D eigenvalue weighted by Gasteiger charge is 2.27. The lowest BCUT2D eigenvalue weighted by atomic mass is 9.93. The van der Waals surface area contributed by atoms with Gasteiger partial charge < -0.3 is 15.5 Å². The van der Waals surface area contributed by atoms with Crippen molar-refractivity contribution in [3.05, 3.63) is 0 Å². The number of H-pyrrole nitrogens is 1. The van der Waals surface area contributed by atoms with E-state index in [-0.39, 0.29) is 0 Å². The van der Waals surface area contributed by atoms with Gasteiger partial charge in [0.05, 0.1) is 0 Å². The summed E-state index contributed by atoms with van der Waals surface area (Å²) in [7, 11) is 0. The summed E-state index contributed by atoms with van der Waals surface area (Å²) >= 11 is 0. The van der Waals surface area contributed by atoms with Crippen molar-refractivity contribution >= 4 is 17.8 Å². The Morgan fingerprint density at radius 2 is 1.88 bits per heavy atom. The maximum atomic E-state index is 12.5. The summed E-state index contributed by atoms with van der Waals surface area (Å²) in [6, 6.07) is 0.566. The number of aromatic nitrogens is 3. The minimum absolute atomic E-state index is 0.319. The van der Waals surface area contributed by atoms with Crippen LogP contribution in [-0.4, -0.2) is 76.2 Å². The van der Waals surface area contributed by atoms with Gasteiger partial charge in [0.1, 0.15) is 0 Å². The fraction of sp³-hybridized carbons (Fsp3) is 0.812. The van der Waals surface area contributed by atoms with E-state index in [1.165, 1.54) is 0 Å². The van der Waals surface area contributed by atoms with Crippen molar-refractivity contribution < 1.29 is 4.79 Å². The van der Waals surface area contributed by atoms with Crippen LogP contribution in [0, 0.1) is 5.92 Å². The van der Waals surface area contributed by atoms with Crippen LogP contribution in [0.5, 0.6) is 0 Å². The predicted octanol–water partition coefficient (Wildman–Crippen LogP) is 0.546. The third-order valence-corrected chi connectivity index (χ3v) is 5.25. The van der Waals surface area contributed by atoms with E-state index >= 15 is 0 Å². The third-order valence-electron chi connectivity index (χ3n) is 5.25. The second kappa shape index (κ2) is 7.38. The third kappa shape index (κ3) is 3.98. The molecule has 2 saturated heterocycles. The number of rotatable bonds is 4. The Morgan fingerprint density at radius 1 is 1.21 bits per heavy atom. The summed E-state index contributed by atoms with van der Waals surface area (Å²) in [6.07, 6.45) is 2.68. The first-order valence-electron chi connectivity index (χ1n) is 8.97. The largest absolute Gasteiger partial charge is 0.368 e. The number of anilines is 2. The molecule has 1 aromatic heterocycles. The number of carbonyl (C=O) groups excluding carboxylic acids is 1. The molecule has 0 saturated carbocycles. The van der Waals surface area contributed by atoms with Crippen LogP contribution in [0.1, 0.15) is 33.1 Å². The molecule has 2 fully saturated rings. The second-order valence-corrected chi connectivity index (χ2v) is 7.17. The first kappa shape index (κ1) is 17.0. The fourth-order valence-corrected chi connectivity index (χ4v) is 3.61. The van der Waals surface area contributed by atoms with E-state index < -0.39 is 0 Å². The standard InChI is InChI=1S/C16H29N7O/c1-12(2)21-7-9-22(10-8-21)14(24)11-13-3-5-23(6-4-13)16-18-15(17)19-20-16/h12-13H,3-11H2,1-2H3,(H3,17,18,19,20). The molecule has 0 unspecified atom stereocenters. The number of piperazine rings is 1. The van der Waals surface area contributed by atoms with Crippen LogP contribution < -0.4 is 10.6 Å². The number of nitrogens with one attached hydrogen (secondary N) is 1. The van der Waals surface area contributed by atoms with Crippen LogP contribution >= 0.6 is 0 Å². The molecular weight excluding hydrogens is 306 g/mol. The average Bonchev–Trinajstić information content (AvgIpc) is 3.02. The molecule has 8 heteroatoms. The lowest BCUT2D eigenvalue weighted by Gasteiger charge is -2.38. The lowest BCUT2D eigenvalue weighted by molar-refractivity contribution is -0.134. The van der Waals surface area contributed by atoms with Gasteiger partial charge in [-0.25, -0.2) is 5.10 Å². The van der Waals surface area contributed by atoms with Crippen molar-refractivity contribution in [2.45, 2.75) is 39.2 Å². The molecule has 0 radical (unpaired) electrons. The van der Waals surface area contributed by atoms with E-state index in [0.717, 1.165) is 52.1 Å². The monoisotopic (exact) mass is 335 g/mol. The molecule has 3 heterocycles. The van der Waals surface area contributed by atoms with Crippen molar-refractivity contribution in [1.29, 1.82) is 0 Å². The molecule has 0 atom stereocenters. The van der Waals surface area contributed by atoms with Gasteiger partial charge in [-0.2, -0.15) is 4.98 Å². The van der Waals surface area contributed by atoms with Crippen molar-refractivity contribution in [3.8, 4) is 0 Å². The van der Waals surface area contributed by atoms with Gasteiger partial charge in [-0.05, 0) is 32.6 Å². The number of hydrogen-bond donors (Lipinski definition) is 2. The minimum atomic E-state index is 0.319. The van der Waals surface area contributed by atoms with Crippen molar-refractivity contribution in [2.24, 2.45) is 5.92 Å². The van der Waals surface area contributed by atoms with E-state index in [1.54, 1.807) is 0 Å². The molecular formula is C16H29N7O. The Morgan fingerprint density at radius 3 is 2.42 bits per heavy atom. The molecule has 0 aliphatic carbocycles. The van der Waals surface area contributed by atoms with Crippen molar-refractivity contribution in [2.75, 3.05) is 49.9 Å². The van der Waals surface area contributed by atoms with Gasteiger partial charge in [0, 0.05) is 51.7 Å². The summed E-state index contributed by atoms with van der Waals surface area (Å²) in [5, 5.41) is 6.78. The average molecular weight is 335 g/mol. The molecule has 0 bridgehead atoms. The van der Waals surface area contributed by atoms with E-state index in [1.807, 2.05) is 4.90 Å². The maximum Gasteiger partial charge on any atom is 0.246 e. The van der Waals surface area contributed by atoms with E-state index in [2.05, 4.69) is 38.8 Å². The number of hydrogen-bond acceptors (Lipinski definition) is 6. The maximum absolute atomic E-state index is 12.5. The highest BCUT2D eigenvalue weighted by atomic mass is 16.2. The molecule has 1 aromatic rings. The van der Waals surface area contributed by atoms with Crippen LogP contribution in [0.15, 0.2) is 0 Å². The zero-order valence-corrected chi connectivity index (χ0v) is 14.7. The molecule has 3 N–H and O–H groups in total. The van der Waals surface area contributed by atoms with Gasteiger partial charge in [0.15, 0.2) is 0 Å². The number of carbonyl (C=O) groups is 1. The SMILES string of the molecule is CC(C)N1CCN(C(=O)CC2CCN(c3n[nH]c(N)n3)CC2)CC1. The summed E-state index contributed by atoms with van der Waals surface area (Å²) in [5.74, 6) is 1.80. The number of aromatic amines is 1. The summed E-state index contributed by atoms with van der Waals surface area (Å²) < 4.78 is 0. The van der Waals surface area contributed by atoms with Crippen LogP contribution in [0.4, 0.5) is 11.9 Å². The van der Waals surface area contributed by atoms with Gasteiger partial charge in [0.25, 0.3) is 0 Å². The van der Waals surface area contributed by atoms with Crippen LogP contribution in [-0.2, 0) is 4.79 Å². The van der Waals surface area contributed by atoms with Crippen LogP contribution in [0.25, 0.3) is 0 Å². The van der Waals surface area contributed by atoms with E-state index in [0.29, 0.717) is 36.2 Å². The van der Waals surface area contributed by atoms with Crippen LogP contribution in [0.2, 0.25) is 0 Å². The smallest absolute Gasteiger partial charge is 0.246 e. The molecule has 24 heavy (non-hydrogen) atoms. The zero-order valence-electron chi connectivity index (χ0n) is 14.7. The Kier molecular flexibility index (Phi) is 5.23. The summed E-state index contributed by atoms with van der Waals surface area (Å²) in [4.78, 5) is 23.3. The highest BCUT2D eigenvalue weighted by Crippen LogP contribution is 2.24. The first-order valence-corrected chi connectivity index (χ1v) is 8.97. The minimum Gasteiger partial charge on any atom is -0.368 e. The predicted molar refractivity (Wildman–Crippen MR) is 93.6 cm³/mol. The van der Waals surface area contributed by atoms with E-state index in [9.17, 15) is 4.79 Å². The number of nitrogen functional groups attached to an aromatic ring is 1. The number of amides is 1. The normalized spacial score (nSPS) is 20.8. The topological polar surface area (TPSA) is 94.4 Å². The molecule has 8 nitrogen and oxygen atoms in total. The van der Waals surface area contributed by atoms with Crippen LogP contribution in [0.3, 0.4) is 0 Å². The van der Waals surface area contributed by atoms with Gasteiger partial charge in [0.2, 0.25) is 17.8 Å². The quantitative estimate of drug-likeness (QED) is 0.834. The molecule has 134 valence electrons. The fourth-order valence-electron chi connectivity index (χ4n) is 3.61. The second-order valence-electron chi connectivity index (χ2n) is 7.17. The Labute approximate surface area is 143 Å². The Balaban J connectivity index is 1.42. The molecule has 0 spiro atoms. The van der Waals surface area contributed by atoms with Gasteiger partial charge in [-0.1, -0.05) is 0 Å². The summed E-state index contributed by atoms with van der Waals surface area (Å²) in [5.41, 5.74) is 5.58.